The van der Waals surface area contributed by atoms with Crippen molar-refractivity contribution in [2.45, 2.75) is 26.2 Å². The number of nitrogens with zero attached hydrogens (tertiary/aromatic N) is 1. The molecule has 0 amide bonds. The van der Waals surface area contributed by atoms with E-state index in [9.17, 15) is 9.59 Å². The van der Waals surface area contributed by atoms with Crippen molar-refractivity contribution in [2.24, 2.45) is 0 Å². The van der Waals surface area contributed by atoms with Crippen LogP contribution in [-0.4, -0.2) is 54.1 Å². The maximum atomic E-state index is 10.3. The molecule has 0 saturated carbocycles. The number of carboxylic acid groups (broad SMARTS) is 1. The smallest absolute Gasteiger partial charge is 0.304 e. The first-order valence-corrected chi connectivity index (χ1v) is 5.03. The second-order valence-electron chi connectivity index (χ2n) is 2.94. The van der Waals surface area contributed by atoms with Crippen molar-refractivity contribution in [2.75, 3.05) is 26.7 Å². The summed E-state index contributed by atoms with van der Waals surface area (Å²) in [6.07, 6.45) is 2.49. The molecule has 0 fully saturated rings. The van der Waals surface area contributed by atoms with Crippen LogP contribution in [0.15, 0.2) is 0 Å². The van der Waals surface area contributed by atoms with E-state index in [0.717, 1.165) is 26.4 Å². The summed E-state index contributed by atoms with van der Waals surface area (Å²) in [6, 6.07) is 0. The highest BCUT2D eigenvalue weighted by molar-refractivity contribution is 5.66. The van der Waals surface area contributed by atoms with E-state index in [1.54, 1.807) is 0 Å². The second-order valence-corrected chi connectivity index (χ2v) is 2.94. The van der Waals surface area contributed by atoms with Crippen LogP contribution < -0.4 is 0 Å². The van der Waals surface area contributed by atoms with Gasteiger partial charge in [-0.2, -0.15) is 0 Å². The summed E-state index contributed by atoms with van der Waals surface area (Å²) in [7, 11) is 1.00. The Morgan fingerprint density at radius 1 is 1.27 bits per heavy atom. The lowest BCUT2D eigenvalue weighted by atomic mass is 10.3. The molecule has 5 nitrogen and oxygen atoms in total. The Balaban J connectivity index is 0. The largest absolute Gasteiger partial charge is 0.481 e. The van der Waals surface area contributed by atoms with E-state index in [1.807, 2.05) is 11.8 Å². The second kappa shape index (κ2) is 13.1. The molecule has 0 aromatic rings. The number of hydrogen-bond acceptors (Lipinski definition) is 4. The molecule has 0 aromatic carbocycles. The maximum absolute atomic E-state index is 10.3. The van der Waals surface area contributed by atoms with Gasteiger partial charge in [-0.25, -0.2) is 0 Å². The third kappa shape index (κ3) is 13.1. The molecule has 0 saturated heterocycles. The average molecular weight is 219 g/mol. The SMILES string of the molecule is CCCN(CCC=O)CCC(=O)O.CO. The van der Waals surface area contributed by atoms with E-state index in [2.05, 4.69) is 0 Å². The number of carbonyl (C=O) groups is 2. The highest BCUT2D eigenvalue weighted by Crippen LogP contribution is 1.95. The van der Waals surface area contributed by atoms with Crippen molar-refractivity contribution >= 4 is 12.3 Å². The number of carbonyl (C=O) groups excluding carboxylic acids is 1. The molecule has 0 spiro atoms. The number of aliphatic hydroxyl groups excluding tert-OH is 1. The van der Waals surface area contributed by atoms with Gasteiger partial charge in [0.25, 0.3) is 0 Å². The van der Waals surface area contributed by atoms with Gasteiger partial charge in [-0.15, -0.1) is 0 Å². The molecule has 0 aliphatic carbocycles. The van der Waals surface area contributed by atoms with Crippen molar-refractivity contribution in [3.8, 4) is 0 Å². The molecule has 2 N–H and O–H groups in total. The number of aliphatic hydroxyl groups is 1. The number of rotatable bonds is 8. The van der Waals surface area contributed by atoms with E-state index in [0.29, 0.717) is 19.5 Å². The van der Waals surface area contributed by atoms with E-state index in [4.69, 9.17) is 10.2 Å². The van der Waals surface area contributed by atoms with Gasteiger partial charge < -0.3 is 19.9 Å². The van der Waals surface area contributed by atoms with E-state index >= 15 is 0 Å². The van der Waals surface area contributed by atoms with Gasteiger partial charge in [-0.3, -0.25) is 4.79 Å². The predicted octanol–water partition coefficient (Wildman–Crippen LogP) is 0.371. The third-order valence-electron chi connectivity index (χ3n) is 1.74. The van der Waals surface area contributed by atoms with E-state index in [1.165, 1.54) is 0 Å². The van der Waals surface area contributed by atoms with Crippen LogP contribution in [0.2, 0.25) is 0 Å². The number of aliphatic carboxylic acids is 1. The molecule has 90 valence electrons. The van der Waals surface area contributed by atoms with Crippen LogP contribution in [0.1, 0.15) is 26.2 Å². The van der Waals surface area contributed by atoms with Crippen LogP contribution in [0.5, 0.6) is 0 Å². The number of hydrogen-bond donors (Lipinski definition) is 2. The fourth-order valence-electron chi connectivity index (χ4n) is 1.14. The van der Waals surface area contributed by atoms with Crippen molar-refractivity contribution in [3.63, 3.8) is 0 Å². The van der Waals surface area contributed by atoms with Crippen molar-refractivity contribution in [1.82, 2.24) is 4.90 Å². The Bertz CT molecular complexity index is 162. The van der Waals surface area contributed by atoms with Gasteiger partial charge in [0.1, 0.15) is 6.29 Å². The molecule has 0 aliphatic rings. The fourth-order valence-corrected chi connectivity index (χ4v) is 1.14. The van der Waals surface area contributed by atoms with E-state index in [-0.39, 0.29) is 6.42 Å². The van der Waals surface area contributed by atoms with Gasteiger partial charge in [0.15, 0.2) is 0 Å². The zero-order valence-corrected chi connectivity index (χ0v) is 9.48. The minimum Gasteiger partial charge on any atom is -0.481 e. The summed E-state index contributed by atoms with van der Waals surface area (Å²) < 4.78 is 0. The fraction of sp³-hybridized carbons (Fsp3) is 0.800. The Morgan fingerprint density at radius 2 is 1.87 bits per heavy atom. The zero-order chi connectivity index (χ0) is 12.1. The quantitative estimate of drug-likeness (QED) is 0.577. The Morgan fingerprint density at radius 3 is 2.27 bits per heavy atom. The molecule has 5 heteroatoms. The Hall–Kier alpha value is -0.940. The van der Waals surface area contributed by atoms with Gasteiger partial charge in [-0.05, 0) is 13.0 Å². The van der Waals surface area contributed by atoms with Crippen molar-refractivity contribution in [1.29, 1.82) is 0 Å². The minimum atomic E-state index is -0.785. The lowest BCUT2D eigenvalue weighted by molar-refractivity contribution is -0.137. The highest BCUT2D eigenvalue weighted by atomic mass is 16.4. The molecular weight excluding hydrogens is 198 g/mol. The van der Waals surface area contributed by atoms with Crippen LogP contribution in [0.3, 0.4) is 0 Å². The van der Waals surface area contributed by atoms with Gasteiger partial charge in [0, 0.05) is 26.6 Å². The molecule has 15 heavy (non-hydrogen) atoms. The van der Waals surface area contributed by atoms with Gasteiger partial charge in [0.2, 0.25) is 0 Å². The highest BCUT2D eigenvalue weighted by Gasteiger charge is 2.05. The number of aldehydes is 1. The molecule has 0 atom stereocenters. The summed E-state index contributed by atoms with van der Waals surface area (Å²) in [4.78, 5) is 22.4. The Kier molecular flexibility index (Phi) is 14.4. The molecule has 0 rings (SSSR count). The standard InChI is InChI=1S/C9H17NO3.CH4O/c1-2-5-10(6-3-8-11)7-4-9(12)13;1-2/h8H,2-7H2,1H3,(H,12,13);2H,1H3. The van der Waals surface area contributed by atoms with Gasteiger partial charge in [-0.1, -0.05) is 6.92 Å². The van der Waals surface area contributed by atoms with Crippen LogP contribution in [-0.2, 0) is 9.59 Å². The average Bonchev–Trinajstić information content (AvgIpc) is 2.25. The lowest BCUT2D eigenvalue weighted by Crippen LogP contribution is -2.28. The number of carboxylic acids is 1. The Labute approximate surface area is 90.7 Å². The molecular formula is C10H21NO4. The first kappa shape index (κ1) is 16.5. The monoisotopic (exact) mass is 219 g/mol. The summed E-state index contributed by atoms with van der Waals surface area (Å²) >= 11 is 0. The summed E-state index contributed by atoms with van der Waals surface area (Å²) in [5.41, 5.74) is 0. The topological polar surface area (TPSA) is 77.8 Å². The maximum Gasteiger partial charge on any atom is 0.304 e. The predicted molar refractivity (Wildman–Crippen MR) is 57.8 cm³/mol. The van der Waals surface area contributed by atoms with Crippen LogP contribution in [0.4, 0.5) is 0 Å². The molecule has 0 aromatic heterocycles. The zero-order valence-electron chi connectivity index (χ0n) is 9.48. The summed E-state index contributed by atoms with van der Waals surface area (Å²) in [5, 5.41) is 15.5. The third-order valence-corrected chi connectivity index (χ3v) is 1.74. The van der Waals surface area contributed by atoms with Crippen molar-refractivity contribution < 1.29 is 19.8 Å². The molecule has 0 aliphatic heterocycles. The molecule has 0 heterocycles. The van der Waals surface area contributed by atoms with Crippen LogP contribution in [0, 0.1) is 0 Å². The summed E-state index contributed by atoms with van der Waals surface area (Å²) in [5.74, 6) is -0.785. The molecule has 0 bridgehead atoms. The molecule has 0 radical (unpaired) electrons. The first-order chi connectivity index (χ1) is 7.20. The first-order valence-electron chi connectivity index (χ1n) is 5.03. The van der Waals surface area contributed by atoms with E-state index < -0.39 is 5.97 Å². The lowest BCUT2D eigenvalue weighted by Gasteiger charge is -2.19. The summed E-state index contributed by atoms with van der Waals surface area (Å²) in [6.45, 7) is 4.11. The normalized spacial score (nSPS) is 9.33. The van der Waals surface area contributed by atoms with Crippen LogP contribution >= 0.6 is 0 Å². The van der Waals surface area contributed by atoms with Gasteiger partial charge >= 0.3 is 5.97 Å². The van der Waals surface area contributed by atoms with Crippen LogP contribution in [0.25, 0.3) is 0 Å². The minimum absolute atomic E-state index is 0.152. The molecule has 0 unspecified atom stereocenters. The van der Waals surface area contributed by atoms with Crippen molar-refractivity contribution in [3.05, 3.63) is 0 Å². The van der Waals surface area contributed by atoms with Gasteiger partial charge in [0.05, 0.1) is 6.42 Å².